The largest absolute Gasteiger partial charge is 0.388 e. The normalized spacial score (nSPS) is 16.5. The molecule has 0 unspecified atom stereocenters. The maximum absolute atomic E-state index is 10.8. The third-order valence-corrected chi connectivity index (χ3v) is 5.36. The van der Waals surface area contributed by atoms with Gasteiger partial charge in [-0.15, -0.1) is 0 Å². The highest BCUT2D eigenvalue weighted by Gasteiger charge is 2.30. The van der Waals surface area contributed by atoms with Crippen molar-refractivity contribution in [2.75, 3.05) is 13.2 Å². The van der Waals surface area contributed by atoms with Crippen LogP contribution in [0.15, 0.2) is 61.4 Å². The van der Waals surface area contributed by atoms with E-state index in [1.807, 2.05) is 27.6 Å². The van der Waals surface area contributed by atoms with Gasteiger partial charge in [-0.3, -0.25) is 9.38 Å². The summed E-state index contributed by atoms with van der Waals surface area (Å²) >= 11 is 0. The van der Waals surface area contributed by atoms with Gasteiger partial charge in [0, 0.05) is 62.0 Å². The molecule has 1 aliphatic rings. The monoisotopic (exact) mass is 375 g/mol. The third-order valence-electron chi connectivity index (χ3n) is 5.36. The second-order valence-electron chi connectivity index (χ2n) is 7.24. The van der Waals surface area contributed by atoms with Crippen LogP contribution in [0.25, 0.3) is 28.3 Å². The Kier molecular flexibility index (Phi) is 4.18. The second kappa shape index (κ2) is 6.85. The lowest BCUT2D eigenvalue weighted by Gasteiger charge is -2.32. The Balaban J connectivity index is 1.43. The molecule has 3 aromatic heterocycles. The first kappa shape index (κ1) is 17.1. The highest BCUT2D eigenvalue weighted by Crippen LogP contribution is 2.28. The smallest absolute Gasteiger partial charge is 0.155 e. The van der Waals surface area contributed by atoms with Crippen LogP contribution in [0.1, 0.15) is 12.8 Å². The van der Waals surface area contributed by atoms with Crippen LogP contribution in [0, 0.1) is 0 Å². The molecule has 1 fully saturated rings. The molecule has 0 radical (unpaired) electrons. The minimum atomic E-state index is -0.738. The number of ether oxygens (including phenoxy) is 1. The summed E-state index contributed by atoms with van der Waals surface area (Å²) in [7, 11) is 0. The fourth-order valence-corrected chi connectivity index (χ4v) is 3.77. The van der Waals surface area contributed by atoms with Gasteiger partial charge in [-0.25, -0.2) is 9.97 Å². The number of rotatable bonds is 4. The number of hydrogen-bond acceptors (Lipinski definition) is 5. The Hall–Kier alpha value is -3.03. The predicted molar refractivity (Wildman–Crippen MR) is 105 cm³/mol. The molecule has 0 bridgehead atoms. The van der Waals surface area contributed by atoms with Crippen LogP contribution in [0.5, 0.6) is 0 Å². The van der Waals surface area contributed by atoms with E-state index < -0.39 is 5.60 Å². The molecule has 4 aromatic rings. The average Bonchev–Trinajstić information content (AvgIpc) is 3.35. The van der Waals surface area contributed by atoms with Crippen molar-refractivity contribution in [2.45, 2.75) is 25.0 Å². The topological polar surface area (TPSA) is 77.5 Å². The van der Waals surface area contributed by atoms with E-state index in [9.17, 15) is 5.11 Å². The number of aliphatic hydroxyl groups is 1. The van der Waals surface area contributed by atoms with Gasteiger partial charge in [0.15, 0.2) is 5.65 Å². The first-order valence-corrected chi connectivity index (χ1v) is 9.41. The Bertz CT molecular complexity index is 1090. The molecule has 28 heavy (non-hydrogen) atoms. The fraction of sp³-hybridized carbons (Fsp3) is 0.286. The quantitative estimate of drug-likeness (QED) is 0.593. The number of hydrogen-bond donors (Lipinski definition) is 1. The van der Waals surface area contributed by atoms with E-state index in [1.165, 1.54) is 0 Å². The molecule has 142 valence electrons. The summed E-state index contributed by atoms with van der Waals surface area (Å²) in [6.07, 6.45) is 12.3. The van der Waals surface area contributed by atoms with Gasteiger partial charge < -0.3 is 14.4 Å². The maximum atomic E-state index is 10.8. The van der Waals surface area contributed by atoms with Gasteiger partial charge in [0.05, 0.1) is 30.2 Å². The minimum absolute atomic E-state index is 0.522. The molecule has 1 N–H and O–H groups in total. The van der Waals surface area contributed by atoms with Crippen LogP contribution in [0.2, 0.25) is 0 Å². The molecule has 1 saturated heterocycles. The lowest BCUT2D eigenvalue weighted by atomic mass is 9.94. The Morgan fingerprint density at radius 1 is 0.964 bits per heavy atom. The van der Waals surface area contributed by atoms with Crippen molar-refractivity contribution in [2.24, 2.45) is 0 Å². The van der Waals surface area contributed by atoms with E-state index in [0.29, 0.717) is 32.6 Å². The number of fused-ring (bicyclic) bond motifs is 1. The predicted octanol–water partition coefficient (Wildman–Crippen LogP) is 2.80. The molecule has 0 aliphatic carbocycles. The lowest BCUT2D eigenvalue weighted by molar-refractivity contribution is -0.0725. The minimum Gasteiger partial charge on any atom is -0.388 e. The van der Waals surface area contributed by atoms with E-state index in [2.05, 4.69) is 39.2 Å². The van der Waals surface area contributed by atoms with E-state index >= 15 is 0 Å². The molecule has 7 heteroatoms. The molecule has 1 aliphatic heterocycles. The summed E-state index contributed by atoms with van der Waals surface area (Å²) in [5, 5.41) is 10.8. The summed E-state index contributed by atoms with van der Waals surface area (Å²) in [5.41, 5.74) is 3.19. The summed E-state index contributed by atoms with van der Waals surface area (Å²) in [6, 6.07) is 8.26. The standard InChI is InChI=1S/C21H21N5O2/c27-21(5-11-28-12-6-21)15-25-9-8-23-20(25)17-3-1-16(2-4-17)18-13-24-19-14-22-7-10-26(18)19/h1-4,7-10,13-14,27H,5-6,11-12,15H2. The van der Waals surface area contributed by atoms with Crippen LogP contribution in [0.4, 0.5) is 0 Å². The zero-order chi connectivity index (χ0) is 19.0. The zero-order valence-electron chi connectivity index (χ0n) is 15.4. The number of benzene rings is 1. The van der Waals surface area contributed by atoms with Gasteiger partial charge in [-0.05, 0) is 0 Å². The van der Waals surface area contributed by atoms with Crippen molar-refractivity contribution in [1.82, 2.24) is 23.9 Å². The van der Waals surface area contributed by atoms with Gasteiger partial charge in [-0.1, -0.05) is 24.3 Å². The summed E-state index contributed by atoms with van der Waals surface area (Å²) in [5.74, 6) is 0.855. The molecule has 0 spiro atoms. The van der Waals surface area contributed by atoms with Crippen LogP contribution in [0.3, 0.4) is 0 Å². The highest BCUT2D eigenvalue weighted by atomic mass is 16.5. The summed E-state index contributed by atoms with van der Waals surface area (Å²) in [4.78, 5) is 13.0. The number of aromatic nitrogens is 5. The Labute approximate surface area is 162 Å². The van der Waals surface area contributed by atoms with Crippen molar-refractivity contribution in [1.29, 1.82) is 0 Å². The van der Waals surface area contributed by atoms with Crippen molar-refractivity contribution < 1.29 is 9.84 Å². The Morgan fingerprint density at radius 3 is 2.57 bits per heavy atom. The molecule has 0 saturated carbocycles. The lowest BCUT2D eigenvalue weighted by Crippen LogP contribution is -2.40. The fourth-order valence-electron chi connectivity index (χ4n) is 3.77. The van der Waals surface area contributed by atoms with Gasteiger partial charge in [0.2, 0.25) is 0 Å². The molecular weight excluding hydrogens is 354 g/mol. The van der Waals surface area contributed by atoms with E-state index in [4.69, 9.17) is 4.74 Å². The van der Waals surface area contributed by atoms with Crippen LogP contribution in [-0.4, -0.2) is 47.8 Å². The second-order valence-corrected chi connectivity index (χ2v) is 7.24. The van der Waals surface area contributed by atoms with Gasteiger partial charge in [0.1, 0.15) is 5.82 Å². The Morgan fingerprint density at radius 2 is 1.75 bits per heavy atom. The summed E-state index contributed by atoms with van der Waals surface area (Å²) < 4.78 is 9.43. The third kappa shape index (κ3) is 3.08. The first-order valence-electron chi connectivity index (χ1n) is 9.41. The van der Waals surface area contributed by atoms with Crippen molar-refractivity contribution in [3.8, 4) is 22.6 Å². The molecule has 0 amide bonds. The SMILES string of the molecule is OC1(Cn2ccnc2-c2ccc(-c3cnc4cnccn34)cc2)CCOCC1. The highest BCUT2D eigenvalue weighted by molar-refractivity contribution is 5.67. The van der Waals surface area contributed by atoms with Crippen LogP contribution in [-0.2, 0) is 11.3 Å². The maximum Gasteiger partial charge on any atom is 0.155 e. The summed E-state index contributed by atoms with van der Waals surface area (Å²) in [6.45, 7) is 1.72. The van der Waals surface area contributed by atoms with E-state index in [0.717, 1.165) is 28.3 Å². The molecular formula is C21H21N5O2. The van der Waals surface area contributed by atoms with Crippen molar-refractivity contribution in [3.05, 3.63) is 61.4 Å². The van der Waals surface area contributed by atoms with Gasteiger partial charge >= 0.3 is 0 Å². The van der Waals surface area contributed by atoms with Crippen LogP contribution < -0.4 is 0 Å². The van der Waals surface area contributed by atoms with E-state index in [-0.39, 0.29) is 0 Å². The van der Waals surface area contributed by atoms with Gasteiger partial charge in [-0.2, -0.15) is 0 Å². The average molecular weight is 375 g/mol. The first-order chi connectivity index (χ1) is 13.7. The number of nitrogens with zero attached hydrogens (tertiary/aromatic N) is 5. The van der Waals surface area contributed by atoms with Crippen LogP contribution >= 0.6 is 0 Å². The number of imidazole rings is 2. The molecule has 0 atom stereocenters. The zero-order valence-corrected chi connectivity index (χ0v) is 15.4. The van der Waals surface area contributed by atoms with Gasteiger partial charge in [0.25, 0.3) is 0 Å². The van der Waals surface area contributed by atoms with Crippen molar-refractivity contribution >= 4 is 5.65 Å². The molecule has 4 heterocycles. The molecule has 7 nitrogen and oxygen atoms in total. The van der Waals surface area contributed by atoms with Crippen molar-refractivity contribution in [3.63, 3.8) is 0 Å². The van der Waals surface area contributed by atoms with E-state index in [1.54, 1.807) is 18.6 Å². The molecule has 1 aromatic carbocycles. The molecule has 5 rings (SSSR count).